The summed E-state index contributed by atoms with van der Waals surface area (Å²) in [6.45, 7) is 1.86. The SMILES string of the molecule is Cc1c(Cl)cccc1-n1nnnc1-c1cc(N)cc(F)c1. The van der Waals surface area contributed by atoms with Crippen LogP contribution in [0.25, 0.3) is 17.1 Å². The molecule has 0 aliphatic heterocycles. The molecule has 2 aromatic carbocycles. The molecule has 0 bridgehead atoms. The molecule has 0 fully saturated rings. The third-order valence-electron chi connectivity index (χ3n) is 3.12. The van der Waals surface area contributed by atoms with Crippen molar-refractivity contribution in [2.45, 2.75) is 6.92 Å². The Morgan fingerprint density at radius 2 is 2.05 bits per heavy atom. The Morgan fingerprint density at radius 3 is 2.81 bits per heavy atom. The molecule has 0 amide bonds. The molecule has 0 aliphatic rings. The summed E-state index contributed by atoms with van der Waals surface area (Å²) in [5.41, 5.74) is 8.03. The van der Waals surface area contributed by atoms with Crippen LogP contribution < -0.4 is 5.73 Å². The lowest BCUT2D eigenvalue weighted by molar-refractivity contribution is 0.628. The first-order valence-electron chi connectivity index (χ1n) is 6.16. The lowest BCUT2D eigenvalue weighted by atomic mass is 10.1. The topological polar surface area (TPSA) is 69.6 Å². The lowest BCUT2D eigenvalue weighted by Crippen LogP contribution is -2.03. The Morgan fingerprint density at radius 1 is 1.24 bits per heavy atom. The maximum atomic E-state index is 13.5. The highest BCUT2D eigenvalue weighted by molar-refractivity contribution is 6.31. The van der Waals surface area contributed by atoms with E-state index >= 15 is 0 Å². The van der Waals surface area contributed by atoms with Crippen LogP contribution in [-0.4, -0.2) is 20.2 Å². The molecule has 0 aliphatic carbocycles. The van der Waals surface area contributed by atoms with Gasteiger partial charge in [-0.3, -0.25) is 0 Å². The van der Waals surface area contributed by atoms with E-state index in [1.165, 1.54) is 16.8 Å². The number of nitrogens with two attached hydrogens (primary N) is 1. The van der Waals surface area contributed by atoms with Gasteiger partial charge in [0.1, 0.15) is 5.82 Å². The normalized spacial score (nSPS) is 10.8. The zero-order valence-electron chi connectivity index (χ0n) is 11.1. The minimum absolute atomic E-state index is 0.308. The number of rotatable bonds is 2. The second kappa shape index (κ2) is 5.14. The molecule has 0 radical (unpaired) electrons. The minimum Gasteiger partial charge on any atom is -0.399 e. The zero-order chi connectivity index (χ0) is 15.0. The van der Waals surface area contributed by atoms with Crippen LogP contribution in [0.15, 0.2) is 36.4 Å². The van der Waals surface area contributed by atoms with Crippen LogP contribution in [0.3, 0.4) is 0 Å². The van der Waals surface area contributed by atoms with Crippen LogP contribution in [0.2, 0.25) is 5.02 Å². The molecule has 0 spiro atoms. The van der Waals surface area contributed by atoms with Crippen molar-refractivity contribution in [2.75, 3.05) is 5.73 Å². The third kappa shape index (κ3) is 2.45. The van der Waals surface area contributed by atoms with E-state index in [1.807, 2.05) is 13.0 Å². The molecule has 7 heteroatoms. The molecule has 2 N–H and O–H groups in total. The number of nitrogens with zero attached hydrogens (tertiary/aromatic N) is 4. The average Bonchev–Trinajstić information content (AvgIpc) is 2.90. The standard InChI is InChI=1S/C14H11ClFN5/c1-8-12(15)3-2-4-13(8)21-14(18-19-20-21)9-5-10(16)7-11(17)6-9/h2-7H,17H2,1H3. The summed E-state index contributed by atoms with van der Waals surface area (Å²) in [6, 6.07) is 9.61. The molecule has 1 heterocycles. The van der Waals surface area contributed by atoms with Crippen molar-refractivity contribution < 1.29 is 4.39 Å². The highest BCUT2D eigenvalue weighted by Gasteiger charge is 2.14. The molecule has 3 aromatic rings. The number of nitrogen functional groups attached to an aromatic ring is 1. The molecule has 3 rings (SSSR count). The zero-order valence-corrected chi connectivity index (χ0v) is 11.8. The Hall–Kier alpha value is -2.47. The summed E-state index contributed by atoms with van der Waals surface area (Å²) in [5, 5.41) is 12.2. The maximum absolute atomic E-state index is 13.5. The second-order valence-corrected chi connectivity index (χ2v) is 4.98. The van der Waals surface area contributed by atoms with Gasteiger partial charge in [0.05, 0.1) is 5.69 Å². The first-order valence-corrected chi connectivity index (χ1v) is 6.54. The number of halogens is 2. The molecule has 0 saturated heterocycles. The second-order valence-electron chi connectivity index (χ2n) is 4.57. The number of hydrogen-bond acceptors (Lipinski definition) is 4. The maximum Gasteiger partial charge on any atom is 0.187 e. The summed E-state index contributed by atoms with van der Waals surface area (Å²) in [7, 11) is 0. The highest BCUT2D eigenvalue weighted by Crippen LogP contribution is 2.26. The van der Waals surface area contributed by atoms with Crippen LogP contribution >= 0.6 is 11.6 Å². The van der Waals surface area contributed by atoms with Crippen LogP contribution in [0.1, 0.15) is 5.56 Å². The number of aromatic nitrogens is 4. The van der Waals surface area contributed by atoms with E-state index in [0.717, 1.165) is 11.3 Å². The van der Waals surface area contributed by atoms with Gasteiger partial charge in [0.2, 0.25) is 0 Å². The van der Waals surface area contributed by atoms with Gasteiger partial charge in [-0.1, -0.05) is 17.7 Å². The van der Waals surface area contributed by atoms with E-state index in [9.17, 15) is 4.39 Å². The quantitative estimate of drug-likeness (QED) is 0.739. The van der Waals surface area contributed by atoms with E-state index in [2.05, 4.69) is 15.5 Å². The Bertz CT molecular complexity index is 795. The van der Waals surface area contributed by atoms with Crippen molar-refractivity contribution in [2.24, 2.45) is 0 Å². The van der Waals surface area contributed by atoms with Crippen molar-refractivity contribution in [3.63, 3.8) is 0 Å². The van der Waals surface area contributed by atoms with E-state index in [4.69, 9.17) is 17.3 Å². The Balaban J connectivity index is 2.19. The molecule has 5 nitrogen and oxygen atoms in total. The van der Waals surface area contributed by atoms with Crippen molar-refractivity contribution in [3.05, 3.63) is 52.8 Å². The highest BCUT2D eigenvalue weighted by atomic mass is 35.5. The smallest absolute Gasteiger partial charge is 0.187 e. The van der Waals surface area contributed by atoms with Gasteiger partial charge in [0.15, 0.2) is 5.82 Å². The third-order valence-corrected chi connectivity index (χ3v) is 3.52. The first kappa shape index (κ1) is 13.5. The van der Waals surface area contributed by atoms with Gasteiger partial charge >= 0.3 is 0 Å². The summed E-state index contributed by atoms with van der Waals surface area (Å²) >= 11 is 6.12. The van der Waals surface area contributed by atoms with Gasteiger partial charge in [-0.05, 0) is 53.2 Å². The Labute approximate surface area is 125 Å². The van der Waals surface area contributed by atoms with Crippen LogP contribution in [0, 0.1) is 12.7 Å². The van der Waals surface area contributed by atoms with E-state index in [-0.39, 0.29) is 0 Å². The van der Waals surface area contributed by atoms with Crippen molar-refractivity contribution in [3.8, 4) is 17.1 Å². The van der Waals surface area contributed by atoms with E-state index in [1.54, 1.807) is 18.2 Å². The summed E-state index contributed by atoms with van der Waals surface area (Å²) < 4.78 is 15.0. The van der Waals surface area contributed by atoms with Gasteiger partial charge in [0.25, 0.3) is 0 Å². The van der Waals surface area contributed by atoms with Crippen LogP contribution in [0.5, 0.6) is 0 Å². The molecule has 0 atom stereocenters. The van der Waals surface area contributed by atoms with Crippen molar-refractivity contribution in [1.82, 2.24) is 20.2 Å². The monoisotopic (exact) mass is 303 g/mol. The molecular formula is C14H11ClFN5. The predicted octanol–water partition coefficient (Wildman–Crippen LogP) is 3.01. The fourth-order valence-electron chi connectivity index (χ4n) is 2.10. The summed E-state index contributed by atoms with van der Waals surface area (Å²) in [4.78, 5) is 0. The first-order chi connectivity index (χ1) is 10.1. The predicted molar refractivity (Wildman–Crippen MR) is 78.7 cm³/mol. The lowest BCUT2D eigenvalue weighted by Gasteiger charge is -2.09. The molecule has 21 heavy (non-hydrogen) atoms. The van der Waals surface area contributed by atoms with Crippen molar-refractivity contribution in [1.29, 1.82) is 0 Å². The molecule has 0 saturated carbocycles. The summed E-state index contributed by atoms with van der Waals surface area (Å²) in [6.07, 6.45) is 0. The van der Waals surface area contributed by atoms with Gasteiger partial charge in [-0.25, -0.2) is 4.39 Å². The number of tetrazole rings is 1. The van der Waals surface area contributed by atoms with Gasteiger partial charge in [0, 0.05) is 16.3 Å². The molecule has 106 valence electrons. The number of hydrogen-bond donors (Lipinski definition) is 1. The average molecular weight is 304 g/mol. The Kier molecular flexibility index (Phi) is 3.31. The van der Waals surface area contributed by atoms with Crippen LogP contribution in [0.4, 0.5) is 10.1 Å². The number of anilines is 1. The van der Waals surface area contributed by atoms with Crippen molar-refractivity contribution >= 4 is 17.3 Å². The van der Waals surface area contributed by atoms with E-state index < -0.39 is 5.82 Å². The molecule has 0 unspecified atom stereocenters. The molecule has 1 aromatic heterocycles. The fourth-order valence-corrected chi connectivity index (χ4v) is 2.27. The van der Waals surface area contributed by atoms with Gasteiger partial charge < -0.3 is 5.73 Å². The molecular weight excluding hydrogens is 293 g/mol. The minimum atomic E-state index is -0.442. The van der Waals surface area contributed by atoms with Gasteiger partial charge in [-0.2, -0.15) is 4.68 Å². The summed E-state index contributed by atoms with van der Waals surface area (Å²) in [5.74, 6) is -0.0473. The van der Waals surface area contributed by atoms with Crippen LogP contribution in [-0.2, 0) is 0 Å². The fraction of sp³-hybridized carbons (Fsp3) is 0.0714. The van der Waals surface area contributed by atoms with Gasteiger partial charge in [-0.15, -0.1) is 5.10 Å². The van der Waals surface area contributed by atoms with E-state index in [0.29, 0.717) is 22.1 Å². The number of benzene rings is 2. The largest absolute Gasteiger partial charge is 0.399 e.